The second-order valence-corrected chi connectivity index (χ2v) is 6.79. The molecule has 5 heteroatoms. The van der Waals surface area contributed by atoms with Gasteiger partial charge in [-0.1, -0.05) is 48.0 Å². The maximum absolute atomic E-state index is 12.0. The van der Waals surface area contributed by atoms with E-state index in [1.54, 1.807) is 0 Å². The van der Waals surface area contributed by atoms with Crippen LogP contribution in [0.25, 0.3) is 0 Å². The Morgan fingerprint density at radius 3 is 2.48 bits per heavy atom. The highest BCUT2D eigenvalue weighted by Crippen LogP contribution is 2.28. The minimum Gasteiger partial charge on any atom is -0.355 e. The summed E-state index contributed by atoms with van der Waals surface area (Å²) in [6.07, 6.45) is 0. The Morgan fingerprint density at radius 1 is 1.33 bits per heavy atom. The summed E-state index contributed by atoms with van der Waals surface area (Å²) in [5.74, 6) is 0.482. The average molecular weight is 356 g/mol. The van der Waals surface area contributed by atoms with Gasteiger partial charge in [-0.25, -0.2) is 0 Å². The van der Waals surface area contributed by atoms with E-state index in [2.05, 4.69) is 35.1 Å². The van der Waals surface area contributed by atoms with E-state index in [1.165, 1.54) is 0 Å². The molecule has 1 aromatic carbocycles. The molecule has 4 nitrogen and oxygen atoms in total. The van der Waals surface area contributed by atoms with E-state index in [0.717, 1.165) is 10.0 Å². The maximum Gasteiger partial charge on any atom is 0.234 e. The fourth-order valence-corrected chi connectivity index (χ4v) is 2.86. The molecule has 2 unspecified atom stereocenters. The zero-order valence-corrected chi connectivity index (χ0v) is 14.9. The topological polar surface area (TPSA) is 58.4 Å². The van der Waals surface area contributed by atoms with Crippen LogP contribution >= 0.6 is 15.9 Å². The molecule has 0 aliphatic heterocycles. The van der Waals surface area contributed by atoms with Gasteiger partial charge < -0.3 is 11.1 Å². The first-order chi connectivity index (χ1) is 9.82. The monoisotopic (exact) mass is 355 g/mol. The number of rotatable bonds is 7. The molecule has 0 bridgehead atoms. The Morgan fingerprint density at radius 2 is 1.95 bits per heavy atom. The van der Waals surface area contributed by atoms with E-state index in [4.69, 9.17) is 5.73 Å². The number of hydrogen-bond acceptors (Lipinski definition) is 3. The Bertz CT molecular complexity index is 463. The molecule has 2 atom stereocenters. The Kier molecular flexibility index (Phi) is 7.35. The summed E-state index contributed by atoms with van der Waals surface area (Å²) in [7, 11) is 1.93. The van der Waals surface area contributed by atoms with Crippen molar-refractivity contribution in [2.45, 2.75) is 32.9 Å². The first-order valence-corrected chi connectivity index (χ1v) is 8.09. The van der Waals surface area contributed by atoms with Crippen molar-refractivity contribution in [2.75, 3.05) is 20.1 Å². The Balaban J connectivity index is 2.77. The van der Waals surface area contributed by atoms with Crippen LogP contribution in [0.15, 0.2) is 28.7 Å². The Labute approximate surface area is 136 Å². The van der Waals surface area contributed by atoms with Gasteiger partial charge in [-0.3, -0.25) is 9.69 Å². The number of amides is 1. The van der Waals surface area contributed by atoms with Gasteiger partial charge in [0.25, 0.3) is 0 Å². The van der Waals surface area contributed by atoms with Crippen LogP contribution in [0.4, 0.5) is 0 Å². The van der Waals surface area contributed by atoms with Crippen molar-refractivity contribution in [1.82, 2.24) is 10.2 Å². The summed E-state index contributed by atoms with van der Waals surface area (Å²) in [6, 6.07) is 7.92. The number of carbonyl (C=O) groups is 1. The largest absolute Gasteiger partial charge is 0.355 e. The average Bonchev–Trinajstić information content (AvgIpc) is 2.38. The van der Waals surface area contributed by atoms with Gasteiger partial charge in [-0.15, -0.1) is 0 Å². The number of nitrogens with one attached hydrogen (secondary N) is 1. The zero-order valence-electron chi connectivity index (χ0n) is 13.3. The highest BCUT2D eigenvalue weighted by atomic mass is 79.9. The predicted octanol–water partition coefficient (Wildman–Crippen LogP) is 2.54. The molecular formula is C16H26BrN3O. The lowest BCUT2D eigenvalue weighted by Crippen LogP contribution is -2.43. The lowest BCUT2D eigenvalue weighted by molar-refractivity contribution is -0.122. The van der Waals surface area contributed by atoms with E-state index in [-0.39, 0.29) is 18.0 Å². The molecule has 3 N–H and O–H groups in total. The molecule has 0 aliphatic carbocycles. The van der Waals surface area contributed by atoms with Gasteiger partial charge in [0.05, 0.1) is 12.6 Å². The van der Waals surface area contributed by atoms with Crippen LogP contribution in [0, 0.1) is 5.92 Å². The zero-order chi connectivity index (χ0) is 16.0. The quantitative estimate of drug-likeness (QED) is 0.789. The van der Waals surface area contributed by atoms with Crippen LogP contribution < -0.4 is 11.1 Å². The van der Waals surface area contributed by atoms with E-state index in [1.807, 2.05) is 43.1 Å². The van der Waals surface area contributed by atoms with Gasteiger partial charge in [0.1, 0.15) is 0 Å². The van der Waals surface area contributed by atoms with Crippen molar-refractivity contribution >= 4 is 21.8 Å². The SMILES string of the molecule is CC(C)CNC(=O)CN(C)C(c1ccccc1Br)C(C)N. The van der Waals surface area contributed by atoms with Crippen molar-refractivity contribution in [2.24, 2.45) is 11.7 Å². The third kappa shape index (κ3) is 5.77. The van der Waals surface area contributed by atoms with Gasteiger partial charge in [0, 0.05) is 17.1 Å². The van der Waals surface area contributed by atoms with Gasteiger partial charge in [0.2, 0.25) is 5.91 Å². The fraction of sp³-hybridized carbons (Fsp3) is 0.562. The molecule has 0 aromatic heterocycles. The lowest BCUT2D eigenvalue weighted by atomic mass is 9.99. The number of nitrogens with zero attached hydrogens (tertiary/aromatic N) is 1. The standard InChI is InChI=1S/C16H26BrN3O/c1-11(2)9-19-15(21)10-20(4)16(12(3)18)13-7-5-6-8-14(13)17/h5-8,11-12,16H,9-10,18H2,1-4H3,(H,19,21). The molecule has 1 aromatic rings. The first-order valence-electron chi connectivity index (χ1n) is 7.29. The molecule has 0 aliphatic rings. The number of carbonyl (C=O) groups excluding carboxylic acids is 1. The van der Waals surface area contributed by atoms with Crippen molar-refractivity contribution in [3.05, 3.63) is 34.3 Å². The van der Waals surface area contributed by atoms with Crippen molar-refractivity contribution in [1.29, 1.82) is 0 Å². The van der Waals surface area contributed by atoms with Crippen LogP contribution in [0.2, 0.25) is 0 Å². The smallest absolute Gasteiger partial charge is 0.234 e. The molecule has 0 saturated carbocycles. The molecule has 1 amide bonds. The molecule has 0 spiro atoms. The van der Waals surface area contributed by atoms with Crippen LogP contribution in [0.1, 0.15) is 32.4 Å². The maximum atomic E-state index is 12.0. The molecule has 0 saturated heterocycles. The molecule has 118 valence electrons. The van der Waals surface area contributed by atoms with Crippen LogP contribution in [0.3, 0.4) is 0 Å². The minimum atomic E-state index is -0.0772. The molecule has 0 fully saturated rings. The van der Waals surface area contributed by atoms with E-state index < -0.39 is 0 Å². The summed E-state index contributed by atoms with van der Waals surface area (Å²) in [6.45, 7) is 7.16. The highest BCUT2D eigenvalue weighted by molar-refractivity contribution is 9.10. The van der Waals surface area contributed by atoms with Gasteiger partial charge >= 0.3 is 0 Å². The van der Waals surface area contributed by atoms with E-state index >= 15 is 0 Å². The second kappa shape index (κ2) is 8.51. The van der Waals surface area contributed by atoms with Crippen molar-refractivity contribution < 1.29 is 4.79 Å². The number of likely N-dealkylation sites (N-methyl/N-ethyl adjacent to an activating group) is 1. The van der Waals surface area contributed by atoms with Crippen molar-refractivity contribution in [3.8, 4) is 0 Å². The van der Waals surface area contributed by atoms with Gasteiger partial charge in [-0.05, 0) is 31.5 Å². The highest BCUT2D eigenvalue weighted by Gasteiger charge is 2.24. The summed E-state index contributed by atoms with van der Waals surface area (Å²) in [5, 5.41) is 2.94. The summed E-state index contributed by atoms with van der Waals surface area (Å²) in [5.41, 5.74) is 7.25. The lowest BCUT2D eigenvalue weighted by Gasteiger charge is -2.31. The molecule has 0 heterocycles. The number of hydrogen-bond donors (Lipinski definition) is 2. The predicted molar refractivity (Wildman–Crippen MR) is 91.0 cm³/mol. The van der Waals surface area contributed by atoms with Gasteiger partial charge in [-0.2, -0.15) is 0 Å². The van der Waals surface area contributed by atoms with Crippen molar-refractivity contribution in [3.63, 3.8) is 0 Å². The summed E-state index contributed by atoms with van der Waals surface area (Å²) < 4.78 is 1.02. The third-order valence-corrected chi connectivity index (χ3v) is 4.02. The summed E-state index contributed by atoms with van der Waals surface area (Å²) >= 11 is 3.57. The van der Waals surface area contributed by atoms with Gasteiger partial charge in [0.15, 0.2) is 0 Å². The first kappa shape index (κ1) is 18.1. The summed E-state index contributed by atoms with van der Waals surface area (Å²) in [4.78, 5) is 14.0. The van der Waals surface area contributed by atoms with E-state index in [0.29, 0.717) is 19.0 Å². The third-order valence-electron chi connectivity index (χ3n) is 3.30. The Hall–Kier alpha value is -0.910. The minimum absolute atomic E-state index is 0.00891. The number of nitrogens with two attached hydrogens (primary N) is 1. The number of benzene rings is 1. The molecular weight excluding hydrogens is 330 g/mol. The molecule has 1 rings (SSSR count). The fourth-order valence-electron chi connectivity index (χ4n) is 2.34. The normalized spacial score (nSPS) is 14.3. The second-order valence-electron chi connectivity index (χ2n) is 5.94. The molecule has 21 heavy (non-hydrogen) atoms. The van der Waals surface area contributed by atoms with Crippen LogP contribution in [-0.2, 0) is 4.79 Å². The molecule has 0 radical (unpaired) electrons. The van der Waals surface area contributed by atoms with Crippen LogP contribution in [-0.4, -0.2) is 37.0 Å². The van der Waals surface area contributed by atoms with Crippen LogP contribution in [0.5, 0.6) is 0 Å². The number of halogens is 1. The van der Waals surface area contributed by atoms with E-state index in [9.17, 15) is 4.79 Å².